The zero-order chi connectivity index (χ0) is 18.8. The Morgan fingerprint density at radius 3 is 2.38 bits per heavy atom. The van der Waals surface area contributed by atoms with Crippen molar-refractivity contribution >= 4 is 11.8 Å². The second-order valence-corrected chi connectivity index (χ2v) is 7.39. The maximum atomic E-state index is 12.7. The van der Waals surface area contributed by atoms with Crippen LogP contribution in [0.3, 0.4) is 0 Å². The average molecular weight is 369 g/mol. The number of methoxy groups -OCH3 is 1. The van der Waals surface area contributed by atoms with E-state index in [4.69, 9.17) is 4.74 Å². The number of ether oxygens (including phenoxy) is 1. The third kappa shape index (κ3) is 6.85. The number of nitrogens with one attached hydrogen (secondary N) is 1. The lowest BCUT2D eigenvalue weighted by molar-refractivity contribution is -0.137. The predicted molar refractivity (Wildman–Crippen MR) is 102 cm³/mol. The Morgan fingerprint density at radius 1 is 1.04 bits per heavy atom. The van der Waals surface area contributed by atoms with Gasteiger partial charge in [0.2, 0.25) is 11.8 Å². The van der Waals surface area contributed by atoms with E-state index in [0.29, 0.717) is 32.3 Å². The summed E-state index contributed by atoms with van der Waals surface area (Å²) in [5, 5.41) is 2.93. The van der Waals surface area contributed by atoms with Gasteiger partial charge in [0.05, 0.1) is 13.1 Å². The van der Waals surface area contributed by atoms with Gasteiger partial charge in [0.1, 0.15) is 0 Å². The van der Waals surface area contributed by atoms with Crippen LogP contribution >= 0.6 is 0 Å². The standard InChI is InChI=1S/C19H36N4O3/c1-3-17-7-4-5-9-23(17)19(25)16-22-12-10-21(11-13-22)15-18(24)20-8-6-14-26-2/h17H,3-16H2,1-2H3,(H,20,24). The van der Waals surface area contributed by atoms with Crippen LogP contribution in [0.5, 0.6) is 0 Å². The molecule has 0 aromatic carbocycles. The third-order valence-corrected chi connectivity index (χ3v) is 5.46. The van der Waals surface area contributed by atoms with Gasteiger partial charge in [0.25, 0.3) is 0 Å². The van der Waals surface area contributed by atoms with Crippen LogP contribution in [0.2, 0.25) is 0 Å². The minimum Gasteiger partial charge on any atom is -0.385 e. The fourth-order valence-corrected chi connectivity index (χ4v) is 3.84. The number of carbonyl (C=O) groups is 2. The van der Waals surface area contributed by atoms with Crippen molar-refractivity contribution in [3.8, 4) is 0 Å². The quantitative estimate of drug-likeness (QED) is 0.602. The number of amides is 2. The van der Waals surface area contributed by atoms with Gasteiger partial charge < -0.3 is 15.0 Å². The molecule has 0 aromatic heterocycles. The molecule has 0 radical (unpaired) electrons. The van der Waals surface area contributed by atoms with Crippen molar-refractivity contribution in [3.05, 3.63) is 0 Å². The molecule has 0 spiro atoms. The van der Waals surface area contributed by atoms with Gasteiger partial charge >= 0.3 is 0 Å². The fraction of sp³-hybridized carbons (Fsp3) is 0.895. The summed E-state index contributed by atoms with van der Waals surface area (Å²) in [6, 6.07) is 0.430. The SMILES string of the molecule is CCC1CCCCN1C(=O)CN1CCN(CC(=O)NCCCOC)CC1. The summed E-state index contributed by atoms with van der Waals surface area (Å²) in [5.74, 6) is 0.352. The van der Waals surface area contributed by atoms with E-state index in [2.05, 4.69) is 26.9 Å². The first kappa shape index (κ1) is 21.1. The molecule has 1 N–H and O–H groups in total. The minimum absolute atomic E-state index is 0.0738. The van der Waals surface area contributed by atoms with E-state index >= 15 is 0 Å². The lowest BCUT2D eigenvalue weighted by Gasteiger charge is -2.38. The number of piperazine rings is 1. The van der Waals surface area contributed by atoms with Crippen molar-refractivity contribution in [2.45, 2.75) is 45.1 Å². The topological polar surface area (TPSA) is 65.1 Å². The van der Waals surface area contributed by atoms with Crippen molar-refractivity contribution in [3.63, 3.8) is 0 Å². The van der Waals surface area contributed by atoms with Crippen LogP contribution in [0.15, 0.2) is 0 Å². The van der Waals surface area contributed by atoms with E-state index in [1.54, 1.807) is 7.11 Å². The normalized spacial score (nSPS) is 22.4. The maximum Gasteiger partial charge on any atom is 0.236 e. The maximum absolute atomic E-state index is 12.7. The largest absolute Gasteiger partial charge is 0.385 e. The Hall–Kier alpha value is -1.18. The molecule has 2 aliphatic rings. The summed E-state index contributed by atoms with van der Waals surface area (Å²) in [6.07, 6.45) is 5.42. The molecule has 1 unspecified atom stereocenters. The molecular weight excluding hydrogens is 332 g/mol. The zero-order valence-corrected chi connectivity index (χ0v) is 16.5. The van der Waals surface area contributed by atoms with Gasteiger partial charge in [0.15, 0.2) is 0 Å². The summed E-state index contributed by atoms with van der Waals surface area (Å²) in [7, 11) is 1.67. The summed E-state index contributed by atoms with van der Waals surface area (Å²) in [6.45, 7) is 8.79. The molecule has 2 fully saturated rings. The van der Waals surface area contributed by atoms with Crippen molar-refractivity contribution in [2.75, 3.05) is 66.1 Å². The van der Waals surface area contributed by atoms with Crippen LogP contribution in [-0.4, -0.2) is 98.6 Å². The van der Waals surface area contributed by atoms with E-state index in [1.165, 1.54) is 6.42 Å². The Labute approximate surface area is 158 Å². The molecule has 7 nitrogen and oxygen atoms in total. The Bertz CT molecular complexity index is 439. The first-order chi connectivity index (χ1) is 12.6. The average Bonchev–Trinajstić information content (AvgIpc) is 2.66. The number of rotatable bonds is 9. The molecule has 26 heavy (non-hydrogen) atoms. The molecule has 2 saturated heterocycles. The third-order valence-electron chi connectivity index (χ3n) is 5.46. The highest BCUT2D eigenvalue weighted by molar-refractivity contribution is 5.79. The van der Waals surface area contributed by atoms with Gasteiger partial charge in [-0.05, 0) is 32.1 Å². The highest BCUT2D eigenvalue weighted by Gasteiger charge is 2.27. The first-order valence-electron chi connectivity index (χ1n) is 10.1. The predicted octanol–water partition coefficient (Wildman–Crippen LogP) is 0.548. The van der Waals surface area contributed by atoms with Crippen LogP contribution in [0, 0.1) is 0 Å². The van der Waals surface area contributed by atoms with Crippen molar-refractivity contribution < 1.29 is 14.3 Å². The van der Waals surface area contributed by atoms with E-state index in [1.807, 2.05) is 0 Å². The lowest BCUT2D eigenvalue weighted by Crippen LogP contribution is -2.53. The van der Waals surface area contributed by atoms with Gasteiger partial charge in [0, 0.05) is 59.0 Å². The van der Waals surface area contributed by atoms with E-state index in [9.17, 15) is 9.59 Å². The molecule has 0 aliphatic carbocycles. The van der Waals surface area contributed by atoms with Crippen LogP contribution in [0.25, 0.3) is 0 Å². The highest BCUT2D eigenvalue weighted by atomic mass is 16.5. The summed E-state index contributed by atoms with van der Waals surface area (Å²) in [5.41, 5.74) is 0. The van der Waals surface area contributed by atoms with Crippen LogP contribution in [0.1, 0.15) is 39.0 Å². The number of hydrogen-bond acceptors (Lipinski definition) is 5. The second-order valence-electron chi connectivity index (χ2n) is 7.39. The van der Waals surface area contributed by atoms with E-state index < -0.39 is 0 Å². The first-order valence-corrected chi connectivity index (χ1v) is 10.1. The van der Waals surface area contributed by atoms with E-state index in [-0.39, 0.29) is 11.8 Å². The lowest BCUT2D eigenvalue weighted by atomic mass is 10.00. The van der Waals surface area contributed by atoms with Gasteiger partial charge in [-0.1, -0.05) is 6.92 Å². The molecule has 2 heterocycles. The number of carbonyl (C=O) groups excluding carboxylic acids is 2. The van der Waals surface area contributed by atoms with Gasteiger partial charge in [-0.25, -0.2) is 0 Å². The van der Waals surface area contributed by atoms with E-state index in [0.717, 1.165) is 58.4 Å². The number of likely N-dealkylation sites (tertiary alicyclic amines) is 1. The van der Waals surface area contributed by atoms with Crippen molar-refractivity contribution in [1.82, 2.24) is 20.0 Å². The molecule has 150 valence electrons. The molecule has 1 atom stereocenters. The van der Waals surface area contributed by atoms with Crippen molar-refractivity contribution in [2.24, 2.45) is 0 Å². The molecular formula is C19H36N4O3. The van der Waals surface area contributed by atoms with Crippen LogP contribution < -0.4 is 5.32 Å². The molecule has 7 heteroatoms. The Morgan fingerprint density at radius 2 is 1.73 bits per heavy atom. The summed E-state index contributed by atoms with van der Waals surface area (Å²) in [4.78, 5) is 31.1. The molecule has 0 saturated carbocycles. The fourth-order valence-electron chi connectivity index (χ4n) is 3.84. The number of hydrogen-bond donors (Lipinski definition) is 1. The molecule has 0 aromatic rings. The van der Waals surface area contributed by atoms with Crippen LogP contribution in [0.4, 0.5) is 0 Å². The molecule has 2 rings (SSSR count). The number of piperidine rings is 1. The summed E-state index contributed by atoms with van der Waals surface area (Å²) < 4.78 is 4.98. The monoisotopic (exact) mass is 368 g/mol. The van der Waals surface area contributed by atoms with Crippen LogP contribution in [-0.2, 0) is 14.3 Å². The van der Waals surface area contributed by atoms with Gasteiger partial charge in [-0.3, -0.25) is 19.4 Å². The smallest absolute Gasteiger partial charge is 0.236 e. The Balaban J connectivity index is 1.64. The van der Waals surface area contributed by atoms with Gasteiger partial charge in [-0.2, -0.15) is 0 Å². The molecule has 2 amide bonds. The minimum atomic E-state index is 0.0738. The van der Waals surface area contributed by atoms with Crippen molar-refractivity contribution in [1.29, 1.82) is 0 Å². The molecule has 2 aliphatic heterocycles. The number of nitrogens with zero attached hydrogens (tertiary/aromatic N) is 3. The molecule has 0 bridgehead atoms. The zero-order valence-electron chi connectivity index (χ0n) is 16.5. The second kappa shape index (κ2) is 11.5. The Kier molecular flexibility index (Phi) is 9.36. The van der Waals surface area contributed by atoms with Gasteiger partial charge in [-0.15, -0.1) is 0 Å². The highest BCUT2D eigenvalue weighted by Crippen LogP contribution is 2.19. The summed E-state index contributed by atoms with van der Waals surface area (Å²) >= 11 is 0.